The van der Waals surface area contributed by atoms with Crippen LogP contribution >= 0.6 is 0 Å². The van der Waals surface area contributed by atoms with Crippen molar-refractivity contribution in [3.8, 4) is 0 Å². The highest BCUT2D eigenvalue weighted by atomic mass is 16.2. The molecule has 2 aromatic heterocycles. The summed E-state index contributed by atoms with van der Waals surface area (Å²) in [5.41, 5.74) is 1.72. The zero-order chi connectivity index (χ0) is 15.9. The molecule has 4 rings (SSSR count). The van der Waals surface area contributed by atoms with E-state index in [0.29, 0.717) is 16.6 Å². The van der Waals surface area contributed by atoms with Crippen LogP contribution < -0.4 is 0 Å². The largest absolute Gasteiger partial charge is 0.338 e. The number of hydrogen-bond acceptors (Lipinski definition) is 4. The van der Waals surface area contributed by atoms with Crippen LogP contribution in [-0.4, -0.2) is 63.5 Å². The van der Waals surface area contributed by atoms with Crippen LogP contribution in [0.2, 0.25) is 0 Å². The van der Waals surface area contributed by atoms with Gasteiger partial charge in [-0.3, -0.25) is 9.20 Å². The summed E-state index contributed by atoms with van der Waals surface area (Å²) in [4.78, 5) is 17.3. The molecule has 2 aliphatic heterocycles. The normalized spacial score (nSPS) is 21.9. The number of piperidine rings is 2. The van der Waals surface area contributed by atoms with Crippen molar-refractivity contribution in [2.45, 2.75) is 25.7 Å². The van der Waals surface area contributed by atoms with Crippen molar-refractivity contribution in [1.29, 1.82) is 0 Å². The molecule has 0 radical (unpaired) electrons. The summed E-state index contributed by atoms with van der Waals surface area (Å²) < 4.78 is 1.80. The Morgan fingerprint density at radius 2 is 2.04 bits per heavy atom. The lowest BCUT2D eigenvalue weighted by Gasteiger charge is -2.46. The van der Waals surface area contributed by atoms with Crippen LogP contribution in [0.5, 0.6) is 0 Å². The van der Waals surface area contributed by atoms with Crippen LogP contribution in [0.1, 0.15) is 36.0 Å². The highest BCUT2D eigenvalue weighted by molar-refractivity contribution is 5.99. The molecule has 2 saturated heterocycles. The first-order chi connectivity index (χ1) is 11.2. The fourth-order valence-corrected chi connectivity index (χ4v) is 4.24. The third-order valence-corrected chi connectivity index (χ3v) is 5.52. The number of amides is 1. The van der Waals surface area contributed by atoms with E-state index in [0.717, 1.165) is 25.9 Å². The molecule has 0 aliphatic carbocycles. The first-order valence-corrected chi connectivity index (χ1v) is 8.43. The zero-order valence-electron chi connectivity index (χ0n) is 13.6. The Kier molecular flexibility index (Phi) is 3.56. The lowest BCUT2D eigenvalue weighted by atomic mass is 9.72. The van der Waals surface area contributed by atoms with Crippen LogP contribution in [0.3, 0.4) is 0 Å². The maximum absolute atomic E-state index is 12.9. The number of carbonyl (C=O) groups is 1. The molecule has 0 aromatic carbocycles. The summed E-state index contributed by atoms with van der Waals surface area (Å²) in [5.74, 6) is 0.0858. The first kappa shape index (κ1) is 14.6. The predicted octanol–water partition coefficient (Wildman–Crippen LogP) is 1.68. The summed E-state index contributed by atoms with van der Waals surface area (Å²) in [5, 5.41) is 7.99. The molecule has 2 aliphatic rings. The summed E-state index contributed by atoms with van der Waals surface area (Å²) in [6, 6.07) is 3.73. The third kappa shape index (κ3) is 2.61. The number of fused-ring (bicyclic) bond motifs is 1. The van der Waals surface area contributed by atoms with Crippen molar-refractivity contribution >= 4 is 11.6 Å². The minimum absolute atomic E-state index is 0.0858. The Hall–Kier alpha value is -1.95. The number of carbonyl (C=O) groups excluding carboxylic acids is 1. The maximum Gasteiger partial charge on any atom is 0.257 e. The Morgan fingerprint density at radius 3 is 2.83 bits per heavy atom. The van der Waals surface area contributed by atoms with Gasteiger partial charge in [-0.2, -0.15) is 0 Å². The van der Waals surface area contributed by atoms with Gasteiger partial charge < -0.3 is 9.80 Å². The summed E-state index contributed by atoms with van der Waals surface area (Å²) in [6.07, 6.45) is 8.31. The molecule has 0 bridgehead atoms. The Balaban J connectivity index is 1.50. The number of likely N-dealkylation sites (tertiary alicyclic amines) is 2. The van der Waals surface area contributed by atoms with Crippen molar-refractivity contribution in [3.63, 3.8) is 0 Å². The number of aromatic nitrogens is 3. The highest BCUT2D eigenvalue weighted by Crippen LogP contribution is 2.39. The van der Waals surface area contributed by atoms with Gasteiger partial charge in [0.15, 0.2) is 5.65 Å². The summed E-state index contributed by atoms with van der Waals surface area (Å²) in [6.45, 7) is 4.08. The van der Waals surface area contributed by atoms with Gasteiger partial charge in [0.05, 0.1) is 5.56 Å². The molecule has 0 N–H and O–H groups in total. The number of hydrogen-bond donors (Lipinski definition) is 0. The summed E-state index contributed by atoms with van der Waals surface area (Å²) in [7, 11) is 2.21. The zero-order valence-corrected chi connectivity index (χ0v) is 13.6. The average Bonchev–Trinajstić information content (AvgIpc) is 3.03. The number of rotatable bonds is 1. The molecule has 0 saturated carbocycles. The van der Waals surface area contributed by atoms with Crippen molar-refractivity contribution in [3.05, 3.63) is 30.2 Å². The van der Waals surface area contributed by atoms with Crippen LogP contribution in [0.15, 0.2) is 24.7 Å². The molecule has 4 heterocycles. The van der Waals surface area contributed by atoms with Gasteiger partial charge in [-0.25, -0.2) is 0 Å². The van der Waals surface area contributed by atoms with E-state index < -0.39 is 0 Å². The molecule has 122 valence electrons. The smallest absolute Gasteiger partial charge is 0.257 e. The second kappa shape index (κ2) is 5.60. The first-order valence-electron chi connectivity index (χ1n) is 8.43. The topological polar surface area (TPSA) is 53.7 Å². The maximum atomic E-state index is 12.9. The van der Waals surface area contributed by atoms with E-state index in [1.807, 2.05) is 23.2 Å². The minimum Gasteiger partial charge on any atom is -0.338 e. The van der Waals surface area contributed by atoms with Crippen LogP contribution in [0, 0.1) is 5.41 Å². The number of pyridine rings is 1. The highest BCUT2D eigenvalue weighted by Gasteiger charge is 2.38. The van der Waals surface area contributed by atoms with Gasteiger partial charge in [0.1, 0.15) is 6.33 Å². The average molecular weight is 313 g/mol. The fraction of sp³-hybridized carbons (Fsp3) is 0.588. The van der Waals surface area contributed by atoms with Gasteiger partial charge in [0.25, 0.3) is 5.91 Å². The molecule has 1 spiro atoms. The van der Waals surface area contributed by atoms with Crippen molar-refractivity contribution in [2.24, 2.45) is 5.41 Å². The predicted molar refractivity (Wildman–Crippen MR) is 87.3 cm³/mol. The molecule has 1 amide bonds. The SMILES string of the molecule is CN1CCCC2(CCN(C(=O)c3cccn4cnnc34)CC2)C1. The van der Waals surface area contributed by atoms with Crippen LogP contribution in [-0.2, 0) is 0 Å². The van der Waals surface area contributed by atoms with E-state index in [1.165, 1.54) is 25.9 Å². The van der Waals surface area contributed by atoms with Gasteiger partial charge in [-0.15, -0.1) is 10.2 Å². The second-order valence-corrected chi connectivity index (χ2v) is 7.12. The third-order valence-electron chi connectivity index (χ3n) is 5.52. The molecule has 6 nitrogen and oxygen atoms in total. The van der Waals surface area contributed by atoms with E-state index in [9.17, 15) is 4.79 Å². The Morgan fingerprint density at radius 1 is 1.22 bits per heavy atom. The van der Waals surface area contributed by atoms with Gasteiger partial charge in [0, 0.05) is 25.8 Å². The quantitative estimate of drug-likeness (QED) is 0.804. The lowest BCUT2D eigenvalue weighted by Crippen LogP contribution is -2.49. The molecule has 0 atom stereocenters. The molecule has 2 aromatic rings. The van der Waals surface area contributed by atoms with Crippen LogP contribution in [0.4, 0.5) is 0 Å². The minimum atomic E-state index is 0.0858. The summed E-state index contributed by atoms with van der Waals surface area (Å²) >= 11 is 0. The van der Waals surface area contributed by atoms with Gasteiger partial charge in [-0.05, 0) is 56.8 Å². The van der Waals surface area contributed by atoms with E-state index in [2.05, 4.69) is 22.1 Å². The molecule has 2 fully saturated rings. The molecular weight excluding hydrogens is 290 g/mol. The Bertz CT molecular complexity index is 717. The molecule has 0 unspecified atom stereocenters. The van der Waals surface area contributed by atoms with Crippen molar-refractivity contribution in [1.82, 2.24) is 24.4 Å². The molecular formula is C17H23N5O. The van der Waals surface area contributed by atoms with Gasteiger partial charge >= 0.3 is 0 Å². The lowest BCUT2D eigenvalue weighted by molar-refractivity contribution is 0.0298. The van der Waals surface area contributed by atoms with Crippen molar-refractivity contribution < 1.29 is 4.79 Å². The molecule has 6 heteroatoms. The van der Waals surface area contributed by atoms with E-state index in [4.69, 9.17) is 0 Å². The second-order valence-electron chi connectivity index (χ2n) is 7.12. The van der Waals surface area contributed by atoms with E-state index in [-0.39, 0.29) is 5.91 Å². The Labute approximate surface area is 136 Å². The van der Waals surface area contributed by atoms with Gasteiger partial charge in [-0.1, -0.05) is 0 Å². The van der Waals surface area contributed by atoms with E-state index >= 15 is 0 Å². The standard InChI is InChI=1S/C17H23N5O/c1-20-8-3-5-17(12-20)6-10-21(11-7-17)16(23)14-4-2-9-22-13-18-19-15(14)22/h2,4,9,13H,3,5-8,10-12H2,1H3. The molecule has 23 heavy (non-hydrogen) atoms. The monoisotopic (exact) mass is 313 g/mol. The van der Waals surface area contributed by atoms with Crippen LogP contribution in [0.25, 0.3) is 5.65 Å². The fourth-order valence-electron chi connectivity index (χ4n) is 4.24. The van der Waals surface area contributed by atoms with Gasteiger partial charge in [0.2, 0.25) is 0 Å². The van der Waals surface area contributed by atoms with Crippen molar-refractivity contribution in [2.75, 3.05) is 33.2 Å². The van der Waals surface area contributed by atoms with E-state index in [1.54, 1.807) is 10.7 Å². The number of nitrogens with zero attached hydrogens (tertiary/aromatic N) is 5.